The average Bonchev–Trinajstić information content (AvgIpc) is 2.38. The smallest absolute Gasteiger partial charge is 0.293 e. The number of rotatable bonds is 2. The Morgan fingerprint density at radius 1 is 1.26 bits per heavy atom. The zero-order valence-corrected chi connectivity index (χ0v) is 11.9. The molecule has 0 spiro atoms. The lowest BCUT2D eigenvalue weighted by molar-refractivity contribution is -0.137. The van der Waals surface area contributed by atoms with Gasteiger partial charge in [-0.15, -0.1) is 11.8 Å². The summed E-state index contributed by atoms with van der Waals surface area (Å²) in [6.07, 6.45) is -4.41. The van der Waals surface area contributed by atoms with E-state index in [-0.39, 0.29) is 21.8 Å². The lowest BCUT2D eigenvalue weighted by atomic mass is 10.0. The standard InChI is InChI=1S/C13H13F3OS2/c1-8-12(19-6-5-18-8)11(17)9-3-2-4-10(7-9)13(14,15)16/h2-4,7-8,12H,5-6H2,1H3. The van der Waals surface area contributed by atoms with Crippen molar-refractivity contribution in [1.82, 2.24) is 0 Å². The molecule has 0 aromatic heterocycles. The molecule has 0 N–H and O–H groups in total. The maximum atomic E-state index is 12.6. The van der Waals surface area contributed by atoms with E-state index in [0.717, 1.165) is 23.6 Å². The normalized spacial score (nSPS) is 24.2. The molecule has 0 radical (unpaired) electrons. The van der Waals surface area contributed by atoms with Crippen LogP contribution in [0.15, 0.2) is 24.3 Å². The summed E-state index contributed by atoms with van der Waals surface area (Å²) in [6.45, 7) is 1.95. The van der Waals surface area contributed by atoms with Crippen molar-refractivity contribution in [2.45, 2.75) is 23.6 Å². The average molecular weight is 306 g/mol. The molecule has 1 fully saturated rings. The first-order valence-corrected chi connectivity index (χ1v) is 7.94. The van der Waals surface area contributed by atoms with Gasteiger partial charge in [-0.25, -0.2) is 0 Å². The van der Waals surface area contributed by atoms with E-state index in [2.05, 4.69) is 0 Å². The van der Waals surface area contributed by atoms with E-state index in [0.29, 0.717) is 0 Å². The van der Waals surface area contributed by atoms with Crippen molar-refractivity contribution in [2.24, 2.45) is 0 Å². The molecule has 1 heterocycles. The maximum absolute atomic E-state index is 12.6. The summed E-state index contributed by atoms with van der Waals surface area (Å²) >= 11 is 3.23. The Morgan fingerprint density at radius 2 is 1.95 bits per heavy atom. The number of carbonyl (C=O) groups excluding carboxylic acids is 1. The van der Waals surface area contributed by atoms with Crippen LogP contribution in [0, 0.1) is 0 Å². The molecule has 2 unspecified atom stereocenters. The molecule has 1 aliphatic rings. The monoisotopic (exact) mass is 306 g/mol. The van der Waals surface area contributed by atoms with Gasteiger partial charge in [0.25, 0.3) is 0 Å². The van der Waals surface area contributed by atoms with Gasteiger partial charge in [-0.05, 0) is 12.1 Å². The molecule has 0 saturated carbocycles. The molecule has 19 heavy (non-hydrogen) atoms. The van der Waals surface area contributed by atoms with Gasteiger partial charge in [0.2, 0.25) is 0 Å². The van der Waals surface area contributed by atoms with E-state index < -0.39 is 11.7 Å². The highest BCUT2D eigenvalue weighted by atomic mass is 32.2. The highest BCUT2D eigenvalue weighted by molar-refractivity contribution is 8.07. The molecule has 2 rings (SSSR count). The van der Waals surface area contributed by atoms with Gasteiger partial charge in [0, 0.05) is 22.3 Å². The van der Waals surface area contributed by atoms with Gasteiger partial charge in [-0.3, -0.25) is 4.79 Å². The third-order valence-corrected chi connectivity index (χ3v) is 6.01. The van der Waals surface area contributed by atoms with Crippen LogP contribution in [0.4, 0.5) is 13.2 Å². The molecule has 1 aromatic rings. The Labute approximate surface area is 118 Å². The highest BCUT2D eigenvalue weighted by Gasteiger charge is 2.33. The van der Waals surface area contributed by atoms with Crippen LogP contribution in [0.25, 0.3) is 0 Å². The number of ketones is 1. The second kappa shape index (κ2) is 5.79. The summed E-state index contributed by atoms with van der Waals surface area (Å²) in [5, 5.41) is -0.108. The minimum absolute atomic E-state index is 0.140. The summed E-state index contributed by atoms with van der Waals surface area (Å²) in [6, 6.07) is 4.70. The third-order valence-electron chi connectivity index (χ3n) is 2.92. The van der Waals surface area contributed by atoms with Crippen molar-refractivity contribution in [3.63, 3.8) is 0 Å². The molecular formula is C13H13F3OS2. The molecule has 0 bridgehead atoms. The SMILES string of the molecule is CC1SCCSC1C(=O)c1cccc(C(F)(F)F)c1. The number of thioether (sulfide) groups is 2. The molecule has 2 atom stereocenters. The van der Waals surface area contributed by atoms with Crippen LogP contribution in [-0.4, -0.2) is 27.8 Å². The van der Waals surface area contributed by atoms with Crippen molar-refractivity contribution in [3.8, 4) is 0 Å². The minimum atomic E-state index is -4.41. The second-order valence-electron chi connectivity index (χ2n) is 4.31. The number of carbonyl (C=O) groups is 1. The number of Topliss-reactive ketones (excluding diaryl/α,β-unsaturated/α-hetero) is 1. The molecule has 1 aromatic carbocycles. The Balaban J connectivity index is 2.24. The fourth-order valence-corrected chi connectivity index (χ4v) is 4.66. The van der Waals surface area contributed by atoms with Gasteiger partial charge in [0.05, 0.1) is 10.8 Å². The topological polar surface area (TPSA) is 17.1 Å². The van der Waals surface area contributed by atoms with E-state index >= 15 is 0 Å². The first-order valence-electron chi connectivity index (χ1n) is 5.84. The molecule has 1 aliphatic heterocycles. The zero-order chi connectivity index (χ0) is 14.0. The fraction of sp³-hybridized carbons (Fsp3) is 0.462. The second-order valence-corrected chi connectivity index (χ2v) is 7.04. The Bertz CT molecular complexity index is 473. The maximum Gasteiger partial charge on any atom is 0.416 e. The van der Waals surface area contributed by atoms with Gasteiger partial charge in [0.15, 0.2) is 5.78 Å². The van der Waals surface area contributed by atoms with Crippen LogP contribution in [0.1, 0.15) is 22.8 Å². The molecular weight excluding hydrogens is 293 g/mol. The number of hydrogen-bond acceptors (Lipinski definition) is 3. The van der Waals surface area contributed by atoms with Crippen LogP contribution in [0.3, 0.4) is 0 Å². The summed E-state index contributed by atoms with van der Waals surface area (Å²) in [5.74, 6) is 1.65. The lowest BCUT2D eigenvalue weighted by Crippen LogP contribution is -2.31. The summed E-state index contributed by atoms with van der Waals surface area (Å²) in [7, 11) is 0. The zero-order valence-electron chi connectivity index (χ0n) is 10.2. The van der Waals surface area contributed by atoms with E-state index in [9.17, 15) is 18.0 Å². The van der Waals surface area contributed by atoms with Crippen molar-refractivity contribution in [2.75, 3.05) is 11.5 Å². The Morgan fingerprint density at radius 3 is 2.58 bits per heavy atom. The minimum Gasteiger partial charge on any atom is -0.293 e. The predicted octanol–water partition coefficient (Wildman–Crippen LogP) is 4.13. The first kappa shape index (κ1) is 14.8. The lowest BCUT2D eigenvalue weighted by Gasteiger charge is -2.26. The third kappa shape index (κ3) is 3.48. The first-order chi connectivity index (χ1) is 8.89. The van der Waals surface area contributed by atoms with Crippen LogP contribution in [0.5, 0.6) is 0 Å². The van der Waals surface area contributed by atoms with Gasteiger partial charge < -0.3 is 0 Å². The highest BCUT2D eigenvalue weighted by Crippen LogP contribution is 2.34. The van der Waals surface area contributed by atoms with Gasteiger partial charge in [0.1, 0.15) is 0 Å². The summed E-state index contributed by atoms with van der Waals surface area (Å²) in [5.41, 5.74) is -0.610. The Kier molecular flexibility index (Phi) is 4.50. The molecule has 6 heteroatoms. The van der Waals surface area contributed by atoms with Crippen molar-refractivity contribution in [1.29, 1.82) is 0 Å². The largest absolute Gasteiger partial charge is 0.416 e. The van der Waals surface area contributed by atoms with Crippen molar-refractivity contribution >= 4 is 29.3 Å². The number of halogens is 3. The van der Waals surface area contributed by atoms with Crippen LogP contribution >= 0.6 is 23.5 Å². The van der Waals surface area contributed by atoms with E-state index in [1.807, 2.05) is 6.92 Å². The van der Waals surface area contributed by atoms with E-state index in [4.69, 9.17) is 0 Å². The quantitative estimate of drug-likeness (QED) is 0.765. The van der Waals surface area contributed by atoms with Crippen LogP contribution < -0.4 is 0 Å². The fourth-order valence-electron chi connectivity index (χ4n) is 1.93. The molecule has 1 saturated heterocycles. The number of benzene rings is 1. The van der Waals surface area contributed by atoms with Crippen LogP contribution in [-0.2, 0) is 6.18 Å². The van der Waals surface area contributed by atoms with E-state index in [1.165, 1.54) is 23.9 Å². The van der Waals surface area contributed by atoms with E-state index in [1.54, 1.807) is 11.8 Å². The van der Waals surface area contributed by atoms with Crippen molar-refractivity contribution in [3.05, 3.63) is 35.4 Å². The molecule has 0 aliphatic carbocycles. The van der Waals surface area contributed by atoms with Gasteiger partial charge in [-0.1, -0.05) is 19.1 Å². The Hall–Kier alpha value is -0.620. The molecule has 1 nitrogen and oxygen atoms in total. The van der Waals surface area contributed by atoms with Crippen LogP contribution in [0.2, 0.25) is 0 Å². The summed E-state index contributed by atoms with van der Waals surface area (Å²) < 4.78 is 37.9. The molecule has 104 valence electrons. The van der Waals surface area contributed by atoms with Gasteiger partial charge in [-0.2, -0.15) is 24.9 Å². The number of alkyl halides is 3. The van der Waals surface area contributed by atoms with Gasteiger partial charge >= 0.3 is 6.18 Å². The predicted molar refractivity (Wildman–Crippen MR) is 73.9 cm³/mol. The van der Waals surface area contributed by atoms with Crippen molar-refractivity contribution < 1.29 is 18.0 Å². The molecule has 0 amide bonds. The summed E-state index contributed by atoms with van der Waals surface area (Å²) in [4.78, 5) is 12.3. The number of hydrogen-bond donors (Lipinski definition) is 0.